The smallest absolute Gasteiger partial charge is 0.307 e. The Balaban J connectivity index is 1.37. The molecule has 59 heavy (non-hydrogen) atoms. The van der Waals surface area contributed by atoms with Gasteiger partial charge in [0.2, 0.25) is 11.8 Å². The Hall–Kier alpha value is -4.70. The van der Waals surface area contributed by atoms with Crippen molar-refractivity contribution in [3.63, 3.8) is 0 Å². The average Bonchev–Trinajstić information content (AvgIpc) is 3.46. The molecule has 1 aromatic heterocycles. The van der Waals surface area contributed by atoms with Gasteiger partial charge in [0.05, 0.1) is 29.9 Å². The highest BCUT2D eigenvalue weighted by atomic mass is 32.2. The van der Waals surface area contributed by atoms with E-state index in [4.69, 9.17) is 14.5 Å². The van der Waals surface area contributed by atoms with Crippen LogP contribution in [0.2, 0.25) is 0 Å². The van der Waals surface area contributed by atoms with E-state index in [9.17, 15) is 36.4 Å². The lowest BCUT2D eigenvalue weighted by molar-refractivity contribution is -0.159. The second kappa shape index (κ2) is 17.1. The number of amides is 2. The van der Waals surface area contributed by atoms with E-state index in [2.05, 4.69) is 4.72 Å². The van der Waals surface area contributed by atoms with Crippen LogP contribution in [0.15, 0.2) is 48.6 Å². The quantitative estimate of drug-likeness (QED) is 0.184. The van der Waals surface area contributed by atoms with Crippen LogP contribution in [-0.2, 0) is 34.1 Å². The van der Waals surface area contributed by atoms with Crippen molar-refractivity contribution in [2.45, 2.75) is 116 Å². The van der Waals surface area contributed by atoms with E-state index < -0.39 is 74.5 Å². The van der Waals surface area contributed by atoms with Crippen molar-refractivity contribution in [1.29, 1.82) is 0 Å². The monoisotopic (exact) mass is 839 g/mol. The minimum atomic E-state index is -4.17. The SMILES string of the molecule is CC(C)n1c(O[C@@H]2C[C@H]3C(=O)C[C@]4(C(=O)NS(=O)(=O)N(C)C)C[C@@H]4/C=C\CCCCC[C@H](CC(=O)OC(C)(C)C)C(=O)N3C2)nc2c(-c3ccc(F)c(F)c3)cccc21. The van der Waals surface area contributed by atoms with Crippen molar-refractivity contribution < 1.29 is 45.9 Å². The van der Waals surface area contributed by atoms with Crippen LogP contribution in [0.25, 0.3) is 22.2 Å². The number of benzene rings is 2. The lowest BCUT2D eigenvalue weighted by Gasteiger charge is -2.29. The number of para-hydroxylation sites is 1. The van der Waals surface area contributed by atoms with E-state index in [1.165, 1.54) is 25.1 Å². The molecule has 13 nitrogen and oxygen atoms in total. The summed E-state index contributed by atoms with van der Waals surface area (Å²) in [7, 11) is -1.57. The zero-order chi connectivity index (χ0) is 43.0. The van der Waals surface area contributed by atoms with Crippen LogP contribution < -0.4 is 9.46 Å². The van der Waals surface area contributed by atoms with E-state index in [-0.39, 0.29) is 50.2 Å². The van der Waals surface area contributed by atoms with Gasteiger partial charge >= 0.3 is 16.2 Å². The standard InChI is InChI=1S/C43H55F2N5O8S/c1-26(2)50-34-17-13-16-31(27-18-19-32(44)33(45)20-27)38(34)46-41(50)57-30-22-35-36(51)24-43(40(54)47-59(55,56)48(6)7)23-29(43)15-12-10-8-9-11-14-28(39(53)49(35)25-30)21-37(52)58-42(3,4)5/h12-13,15-20,26,28-30,35H,8-11,14,21-25H2,1-7H3,(H,47,54)/b15-12-/t28-,29+,30-,35+,43-/m1/s1. The molecule has 1 N–H and O–H groups in total. The molecule has 2 aliphatic heterocycles. The van der Waals surface area contributed by atoms with Gasteiger partial charge in [-0.2, -0.15) is 17.7 Å². The topological polar surface area (TPSA) is 157 Å². The van der Waals surface area contributed by atoms with Gasteiger partial charge in [0.1, 0.15) is 17.2 Å². The number of aromatic nitrogens is 2. The zero-order valence-corrected chi connectivity index (χ0v) is 35.6. The maximum atomic E-state index is 14.7. The number of hydrogen-bond donors (Lipinski definition) is 1. The minimum Gasteiger partial charge on any atom is -0.460 e. The number of carbonyl (C=O) groups excluding carboxylic acids is 4. The molecule has 6 rings (SSSR count). The maximum absolute atomic E-state index is 14.7. The van der Waals surface area contributed by atoms with Gasteiger partial charge in [0, 0.05) is 44.5 Å². The number of fused-ring (bicyclic) bond motifs is 3. The van der Waals surface area contributed by atoms with Crippen LogP contribution in [0.3, 0.4) is 0 Å². The van der Waals surface area contributed by atoms with Crippen LogP contribution in [0.4, 0.5) is 8.78 Å². The molecule has 5 atom stereocenters. The summed E-state index contributed by atoms with van der Waals surface area (Å²) in [6.07, 6.45) is 6.15. The Kier molecular flexibility index (Phi) is 12.7. The number of ether oxygens (including phenoxy) is 2. The highest BCUT2D eigenvalue weighted by molar-refractivity contribution is 7.87. The van der Waals surface area contributed by atoms with Crippen LogP contribution in [0.5, 0.6) is 6.01 Å². The van der Waals surface area contributed by atoms with Gasteiger partial charge < -0.3 is 14.4 Å². The Labute approximate surface area is 344 Å². The van der Waals surface area contributed by atoms with E-state index in [1.54, 1.807) is 32.9 Å². The first-order chi connectivity index (χ1) is 27.7. The van der Waals surface area contributed by atoms with Crippen molar-refractivity contribution in [2.24, 2.45) is 17.3 Å². The van der Waals surface area contributed by atoms with Crippen molar-refractivity contribution in [1.82, 2.24) is 23.5 Å². The lowest BCUT2D eigenvalue weighted by Crippen LogP contribution is -2.47. The number of nitrogens with one attached hydrogen (secondary N) is 1. The normalized spacial score (nSPS) is 25.0. The third-order valence-electron chi connectivity index (χ3n) is 11.4. The van der Waals surface area contributed by atoms with Gasteiger partial charge in [-0.25, -0.2) is 13.5 Å². The fourth-order valence-electron chi connectivity index (χ4n) is 8.25. The van der Waals surface area contributed by atoms with Gasteiger partial charge in [-0.15, -0.1) is 0 Å². The number of nitrogens with zero attached hydrogens (tertiary/aromatic N) is 4. The summed E-state index contributed by atoms with van der Waals surface area (Å²) < 4.78 is 71.0. The van der Waals surface area contributed by atoms with Crippen LogP contribution in [0.1, 0.15) is 98.4 Å². The highest BCUT2D eigenvalue weighted by Gasteiger charge is 2.61. The second-order valence-electron chi connectivity index (χ2n) is 17.5. The molecule has 0 unspecified atom stereocenters. The minimum absolute atomic E-state index is 0.0328. The Morgan fingerprint density at radius 2 is 1.81 bits per heavy atom. The van der Waals surface area contributed by atoms with Crippen LogP contribution in [0, 0.1) is 28.9 Å². The number of hydrogen-bond acceptors (Lipinski definition) is 9. The fraction of sp³-hybridized carbons (Fsp3) is 0.558. The first-order valence-electron chi connectivity index (χ1n) is 20.3. The summed E-state index contributed by atoms with van der Waals surface area (Å²) in [5.41, 5.74) is -0.00990. The molecule has 2 aromatic carbocycles. The molecule has 3 aliphatic rings. The van der Waals surface area contributed by atoms with Gasteiger partial charge in [0.25, 0.3) is 6.01 Å². The number of carbonyl (C=O) groups is 4. The number of allylic oxidation sites excluding steroid dienone is 2. The predicted octanol–water partition coefficient (Wildman–Crippen LogP) is 6.67. The molecule has 1 saturated carbocycles. The molecular weight excluding hydrogens is 785 g/mol. The van der Waals surface area contributed by atoms with Crippen LogP contribution in [-0.4, -0.2) is 89.1 Å². The number of halogens is 2. The summed E-state index contributed by atoms with van der Waals surface area (Å²) in [6.45, 7) is 9.09. The molecule has 3 heterocycles. The first kappa shape index (κ1) is 43.9. The third-order valence-corrected chi connectivity index (χ3v) is 12.8. The number of ketones is 1. The Bertz CT molecular complexity index is 2250. The predicted molar refractivity (Wildman–Crippen MR) is 217 cm³/mol. The van der Waals surface area contributed by atoms with Crippen molar-refractivity contribution in [3.05, 3.63) is 60.2 Å². The molecule has 3 aromatic rings. The van der Waals surface area contributed by atoms with Crippen molar-refractivity contribution in [2.75, 3.05) is 20.6 Å². The molecule has 16 heteroatoms. The van der Waals surface area contributed by atoms with Gasteiger partial charge in [-0.1, -0.05) is 43.2 Å². The molecule has 2 fully saturated rings. The molecule has 0 spiro atoms. The number of imidazole rings is 1. The summed E-state index contributed by atoms with van der Waals surface area (Å²) in [4.78, 5) is 62.6. The Morgan fingerprint density at radius 1 is 1.07 bits per heavy atom. The largest absolute Gasteiger partial charge is 0.460 e. The van der Waals surface area contributed by atoms with Crippen LogP contribution >= 0.6 is 0 Å². The molecule has 2 amide bonds. The van der Waals surface area contributed by atoms with Gasteiger partial charge in [0.15, 0.2) is 17.4 Å². The number of rotatable bonds is 9. The van der Waals surface area contributed by atoms with Crippen molar-refractivity contribution >= 4 is 44.8 Å². The second-order valence-corrected chi connectivity index (χ2v) is 19.4. The molecular formula is C43H55F2N5O8S. The van der Waals surface area contributed by atoms with Crippen molar-refractivity contribution in [3.8, 4) is 17.1 Å². The van der Waals surface area contributed by atoms with E-state index in [0.717, 1.165) is 29.3 Å². The fourth-order valence-corrected chi connectivity index (χ4v) is 8.87. The third kappa shape index (κ3) is 9.69. The molecule has 1 saturated heterocycles. The van der Waals surface area contributed by atoms with E-state index >= 15 is 0 Å². The lowest BCUT2D eigenvalue weighted by atomic mass is 9.90. The Morgan fingerprint density at radius 3 is 2.49 bits per heavy atom. The summed E-state index contributed by atoms with van der Waals surface area (Å²) >= 11 is 0. The first-order valence-corrected chi connectivity index (χ1v) is 21.7. The van der Waals surface area contributed by atoms with Gasteiger partial charge in [-0.3, -0.25) is 23.7 Å². The van der Waals surface area contributed by atoms with E-state index in [1.807, 2.05) is 36.6 Å². The maximum Gasteiger partial charge on any atom is 0.307 e. The molecule has 0 radical (unpaired) electrons. The summed E-state index contributed by atoms with van der Waals surface area (Å²) in [5, 5.41) is 0. The highest BCUT2D eigenvalue weighted by Crippen LogP contribution is 2.57. The number of esters is 1. The van der Waals surface area contributed by atoms with E-state index in [0.29, 0.717) is 41.4 Å². The van der Waals surface area contributed by atoms with Gasteiger partial charge in [-0.05, 0) is 90.0 Å². The molecule has 320 valence electrons. The molecule has 1 aliphatic carbocycles. The summed E-state index contributed by atoms with van der Waals surface area (Å²) in [6, 6.07) is 7.96. The molecule has 0 bridgehead atoms. The summed E-state index contributed by atoms with van der Waals surface area (Å²) in [5.74, 6) is -5.32. The zero-order valence-electron chi connectivity index (χ0n) is 34.8. The number of Topliss-reactive ketones (excluding diaryl/α,β-unsaturated/α-hetero) is 1. The average molecular weight is 840 g/mol.